The molecule has 5 rings (SSSR count). The lowest BCUT2D eigenvalue weighted by molar-refractivity contribution is -0.0212. The van der Waals surface area contributed by atoms with Crippen molar-refractivity contribution in [2.75, 3.05) is 30.3 Å². The third kappa shape index (κ3) is 4.01. The number of hydrogen-bond donors (Lipinski definition) is 2. The quantitative estimate of drug-likeness (QED) is 0.754. The fourth-order valence-electron chi connectivity index (χ4n) is 4.96. The number of carbonyl (C=O) groups excluding carboxylic acids is 1. The first-order valence-electron chi connectivity index (χ1n) is 10.9. The van der Waals surface area contributed by atoms with Crippen LogP contribution >= 0.6 is 0 Å². The number of fused-ring (bicyclic) bond motifs is 1. The number of anilines is 2. The van der Waals surface area contributed by atoms with E-state index in [1.807, 2.05) is 36.0 Å². The Labute approximate surface area is 176 Å². The van der Waals surface area contributed by atoms with Crippen LogP contribution in [0.5, 0.6) is 0 Å². The van der Waals surface area contributed by atoms with E-state index in [2.05, 4.69) is 20.2 Å². The number of hydrogen-bond acceptors (Lipinski definition) is 6. The number of aryl methyl sites for hydroxylation is 1. The molecular weight excluding hydrogens is 380 g/mol. The molecule has 2 aromatic heterocycles. The molecule has 4 atom stereocenters. The number of nitrogens with two attached hydrogens (primary N) is 1. The maximum Gasteiger partial charge on any atom is 0.268 e. The van der Waals surface area contributed by atoms with E-state index in [-0.39, 0.29) is 18.1 Å². The lowest BCUT2D eigenvalue weighted by Gasteiger charge is -2.38. The molecule has 160 valence electrons. The lowest BCUT2D eigenvalue weighted by Crippen LogP contribution is -2.50. The predicted molar refractivity (Wildman–Crippen MR) is 114 cm³/mol. The first kappa shape index (κ1) is 19.4. The summed E-state index contributed by atoms with van der Waals surface area (Å²) in [7, 11) is 1.90. The number of nitrogens with one attached hydrogen (secondary N) is 1. The minimum atomic E-state index is -0.0237. The van der Waals surface area contributed by atoms with Crippen LogP contribution in [0.15, 0.2) is 30.6 Å². The number of nitrogens with zero attached hydrogens (tertiary/aromatic N) is 4. The molecule has 1 aliphatic heterocycles. The molecule has 0 unspecified atom stereocenters. The zero-order valence-corrected chi connectivity index (χ0v) is 17.4. The van der Waals surface area contributed by atoms with Crippen LogP contribution < -0.4 is 16.0 Å². The highest BCUT2D eigenvalue weighted by Gasteiger charge is 2.44. The van der Waals surface area contributed by atoms with Gasteiger partial charge in [0.05, 0.1) is 12.1 Å². The second kappa shape index (κ2) is 7.91. The topological polar surface area (TPSA) is 98.3 Å². The molecule has 1 saturated heterocycles. The minimum absolute atomic E-state index is 0.0237. The molecule has 2 saturated carbocycles. The molecule has 2 aliphatic carbocycles. The summed E-state index contributed by atoms with van der Waals surface area (Å²) >= 11 is 0. The largest absolute Gasteiger partial charge is 0.376 e. The van der Waals surface area contributed by atoms with Gasteiger partial charge in [-0.15, -0.1) is 0 Å². The Bertz CT molecular complexity index is 911. The zero-order valence-electron chi connectivity index (χ0n) is 17.4. The Morgan fingerprint density at radius 1 is 1.27 bits per heavy atom. The summed E-state index contributed by atoms with van der Waals surface area (Å²) in [6.07, 6.45) is 8.09. The molecule has 8 nitrogen and oxygen atoms in total. The van der Waals surface area contributed by atoms with E-state index in [1.165, 1.54) is 12.8 Å². The van der Waals surface area contributed by atoms with Crippen molar-refractivity contribution in [1.82, 2.24) is 19.9 Å². The van der Waals surface area contributed by atoms with Crippen molar-refractivity contribution >= 4 is 17.7 Å². The normalized spacial score (nSPS) is 28.4. The Balaban J connectivity index is 1.30. The molecule has 0 bridgehead atoms. The van der Waals surface area contributed by atoms with Gasteiger partial charge in [0.2, 0.25) is 5.95 Å². The first-order valence-corrected chi connectivity index (χ1v) is 10.9. The van der Waals surface area contributed by atoms with E-state index in [9.17, 15) is 4.79 Å². The average Bonchev–Trinajstić information content (AvgIpc) is 3.31. The van der Waals surface area contributed by atoms with Crippen LogP contribution in [0, 0.1) is 17.8 Å². The number of aromatic nitrogens is 3. The highest BCUT2D eigenvalue weighted by atomic mass is 16.5. The van der Waals surface area contributed by atoms with Gasteiger partial charge in [-0.05, 0) is 61.6 Å². The SMILES string of the molecule is Cn1cccc1C(=O)N[C@H]1C[C@H]2CN(c3ccnc(N)n3)C[C@H]2C[C@@H]1OCC1CC1. The van der Waals surface area contributed by atoms with E-state index >= 15 is 0 Å². The van der Waals surface area contributed by atoms with E-state index in [0.717, 1.165) is 38.4 Å². The van der Waals surface area contributed by atoms with Gasteiger partial charge in [-0.1, -0.05) is 0 Å². The van der Waals surface area contributed by atoms with Crippen molar-refractivity contribution < 1.29 is 9.53 Å². The van der Waals surface area contributed by atoms with Gasteiger partial charge in [-0.2, -0.15) is 4.98 Å². The van der Waals surface area contributed by atoms with Gasteiger partial charge in [0.25, 0.3) is 5.91 Å². The van der Waals surface area contributed by atoms with Crippen molar-refractivity contribution in [3.63, 3.8) is 0 Å². The van der Waals surface area contributed by atoms with Crippen LogP contribution in [0.3, 0.4) is 0 Å². The van der Waals surface area contributed by atoms with Crippen LogP contribution in [0.4, 0.5) is 11.8 Å². The van der Waals surface area contributed by atoms with E-state index in [1.54, 1.807) is 6.20 Å². The van der Waals surface area contributed by atoms with Crippen LogP contribution in [-0.2, 0) is 11.8 Å². The van der Waals surface area contributed by atoms with E-state index in [4.69, 9.17) is 10.5 Å². The zero-order chi connectivity index (χ0) is 20.7. The molecule has 3 N–H and O–H groups in total. The van der Waals surface area contributed by atoms with Gasteiger partial charge >= 0.3 is 0 Å². The molecule has 0 aromatic carbocycles. The molecule has 3 aliphatic rings. The predicted octanol–water partition coefficient (Wildman–Crippen LogP) is 1.84. The van der Waals surface area contributed by atoms with Gasteiger partial charge in [-0.3, -0.25) is 4.79 Å². The van der Waals surface area contributed by atoms with Gasteiger partial charge in [0.15, 0.2) is 0 Å². The summed E-state index contributed by atoms with van der Waals surface area (Å²) in [6, 6.07) is 5.71. The maximum atomic E-state index is 12.9. The summed E-state index contributed by atoms with van der Waals surface area (Å²) in [5, 5.41) is 3.28. The maximum absolute atomic E-state index is 12.9. The Hall–Kier alpha value is -2.61. The third-order valence-electron chi connectivity index (χ3n) is 6.84. The summed E-state index contributed by atoms with van der Waals surface area (Å²) in [4.78, 5) is 23.6. The fraction of sp³-hybridized carbons (Fsp3) is 0.591. The summed E-state index contributed by atoms with van der Waals surface area (Å²) in [5.74, 6) is 2.91. The van der Waals surface area contributed by atoms with Crippen molar-refractivity contribution in [3.8, 4) is 0 Å². The molecular formula is C22H30N6O2. The molecule has 0 radical (unpaired) electrons. The molecule has 3 heterocycles. The van der Waals surface area contributed by atoms with Gasteiger partial charge < -0.3 is 25.3 Å². The number of amides is 1. The first-order chi connectivity index (χ1) is 14.6. The Morgan fingerprint density at radius 2 is 2.07 bits per heavy atom. The smallest absolute Gasteiger partial charge is 0.268 e. The summed E-state index contributed by atoms with van der Waals surface area (Å²) in [5.41, 5.74) is 6.47. The molecule has 0 spiro atoms. The molecule has 3 fully saturated rings. The standard InChI is InChI=1S/C22H30N6O2/c1-27-8-2-3-18(27)21(29)25-17-9-15-11-28(20-6-7-24-22(23)26-20)12-16(15)10-19(17)30-13-14-4-5-14/h2-3,6-8,14-17,19H,4-5,9-13H2,1H3,(H,25,29)(H2,23,24,26)/t15-,16+,17-,19-/m0/s1. The van der Waals surface area contributed by atoms with E-state index < -0.39 is 0 Å². The number of ether oxygens (including phenoxy) is 1. The van der Waals surface area contributed by atoms with Crippen LogP contribution in [0.1, 0.15) is 36.2 Å². The molecule has 30 heavy (non-hydrogen) atoms. The van der Waals surface area contributed by atoms with Crippen LogP contribution in [0.25, 0.3) is 0 Å². The molecule has 1 amide bonds. The van der Waals surface area contributed by atoms with Gasteiger partial charge in [-0.25, -0.2) is 4.98 Å². The highest BCUT2D eigenvalue weighted by Crippen LogP contribution is 2.40. The Morgan fingerprint density at radius 3 is 2.77 bits per heavy atom. The van der Waals surface area contributed by atoms with Crippen LogP contribution in [-0.4, -0.2) is 52.3 Å². The number of nitrogen functional groups attached to an aromatic ring is 1. The van der Waals surface area contributed by atoms with Gasteiger partial charge in [0.1, 0.15) is 11.5 Å². The van der Waals surface area contributed by atoms with Gasteiger partial charge in [0, 0.05) is 39.1 Å². The second-order valence-electron chi connectivity index (χ2n) is 9.07. The van der Waals surface area contributed by atoms with Crippen LogP contribution in [0.2, 0.25) is 0 Å². The summed E-state index contributed by atoms with van der Waals surface area (Å²) in [6.45, 7) is 2.68. The Kier molecular flexibility index (Phi) is 5.10. The van der Waals surface area contributed by atoms with E-state index in [0.29, 0.717) is 29.4 Å². The number of carbonyl (C=O) groups is 1. The van der Waals surface area contributed by atoms with Crippen molar-refractivity contribution in [3.05, 3.63) is 36.3 Å². The average molecular weight is 411 g/mol. The third-order valence-corrected chi connectivity index (χ3v) is 6.84. The summed E-state index contributed by atoms with van der Waals surface area (Å²) < 4.78 is 8.21. The highest BCUT2D eigenvalue weighted by molar-refractivity contribution is 5.92. The molecule has 2 aromatic rings. The molecule has 8 heteroatoms. The van der Waals surface area contributed by atoms with Crippen molar-refractivity contribution in [2.24, 2.45) is 24.8 Å². The minimum Gasteiger partial charge on any atom is -0.376 e. The second-order valence-corrected chi connectivity index (χ2v) is 9.07. The fourth-order valence-corrected chi connectivity index (χ4v) is 4.96. The number of rotatable bonds is 6. The monoisotopic (exact) mass is 410 g/mol. The van der Waals surface area contributed by atoms with Crippen molar-refractivity contribution in [2.45, 2.75) is 37.8 Å². The lowest BCUT2D eigenvalue weighted by atomic mass is 9.77. The van der Waals surface area contributed by atoms with Crippen molar-refractivity contribution in [1.29, 1.82) is 0 Å².